The van der Waals surface area contributed by atoms with Crippen molar-refractivity contribution in [1.29, 1.82) is 0 Å². The van der Waals surface area contributed by atoms with Crippen LogP contribution in [0.2, 0.25) is 10.0 Å². The maximum Gasteiger partial charge on any atom is 0.268 e. The van der Waals surface area contributed by atoms with Gasteiger partial charge in [0, 0.05) is 24.8 Å². The molecule has 7 nitrogen and oxygen atoms in total. The number of nitrogens with one attached hydrogen (secondary N) is 2. The van der Waals surface area contributed by atoms with Gasteiger partial charge < -0.3 is 14.6 Å². The van der Waals surface area contributed by atoms with E-state index in [0.717, 1.165) is 11.3 Å². The van der Waals surface area contributed by atoms with Crippen LogP contribution in [0, 0.1) is 0 Å². The Bertz CT molecular complexity index is 1030. The molecule has 0 aliphatic carbocycles. The number of hydrogen-bond donors (Lipinski definition) is 3. The molecule has 2 aromatic carbocycles. The molecule has 0 radical (unpaired) electrons. The molecular formula is C24H29Cl2N3O4. The Balaban J connectivity index is 1.57. The molecule has 0 aromatic heterocycles. The summed E-state index contributed by atoms with van der Waals surface area (Å²) >= 11 is 12.6. The van der Waals surface area contributed by atoms with E-state index in [1.807, 2.05) is 26.8 Å². The molecule has 3 rings (SSSR count). The lowest BCUT2D eigenvalue weighted by molar-refractivity contribution is -0.179. The summed E-state index contributed by atoms with van der Waals surface area (Å²) in [5.41, 5.74) is 3.60. The Morgan fingerprint density at radius 1 is 1.12 bits per heavy atom. The van der Waals surface area contributed by atoms with Gasteiger partial charge in [-0.15, -0.1) is 0 Å². The highest BCUT2D eigenvalue weighted by Gasteiger charge is 2.34. The van der Waals surface area contributed by atoms with E-state index in [1.54, 1.807) is 36.4 Å². The maximum absolute atomic E-state index is 11.3. The predicted molar refractivity (Wildman–Crippen MR) is 130 cm³/mol. The molecule has 0 saturated heterocycles. The van der Waals surface area contributed by atoms with Crippen LogP contribution in [0.3, 0.4) is 0 Å². The maximum atomic E-state index is 11.3. The van der Waals surface area contributed by atoms with Crippen LogP contribution in [-0.2, 0) is 4.79 Å². The lowest BCUT2D eigenvalue weighted by Gasteiger charge is -2.37. The number of amides is 1. The van der Waals surface area contributed by atoms with Gasteiger partial charge in [-0.2, -0.15) is 5.10 Å². The minimum Gasteiger partial charge on any atom is -0.492 e. The monoisotopic (exact) mass is 493 g/mol. The Hall–Kier alpha value is -2.32. The Labute approximate surface area is 204 Å². The second-order valence-corrected chi connectivity index (χ2v) is 9.33. The molecule has 2 aromatic rings. The number of para-hydroxylation sites is 1. The zero-order valence-corrected chi connectivity index (χ0v) is 20.5. The van der Waals surface area contributed by atoms with Crippen LogP contribution in [0.1, 0.15) is 52.0 Å². The summed E-state index contributed by atoms with van der Waals surface area (Å²) in [7, 11) is 0. The SMILES string of the molecule is CCC(O)(NC(C)(C)CCOc1ccc(C2=NNC(=O)CC2)cc1Cl)Oc1ccccc1Cl. The molecule has 1 aliphatic heterocycles. The average molecular weight is 494 g/mol. The average Bonchev–Trinajstić information content (AvgIpc) is 2.76. The fourth-order valence-electron chi connectivity index (χ4n) is 3.38. The molecule has 9 heteroatoms. The largest absolute Gasteiger partial charge is 0.492 e. The van der Waals surface area contributed by atoms with E-state index < -0.39 is 11.4 Å². The fraction of sp³-hybridized carbons (Fsp3) is 0.417. The summed E-state index contributed by atoms with van der Waals surface area (Å²) in [6, 6.07) is 12.4. The Morgan fingerprint density at radius 2 is 1.88 bits per heavy atom. The van der Waals surface area contributed by atoms with Crippen molar-refractivity contribution in [3.63, 3.8) is 0 Å². The normalized spacial score (nSPS) is 15.9. The summed E-state index contributed by atoms with van der Waals surface area (Å²) in [6.45, 7) is 6.09. The highest BCUT2D eigenvalue weighted by atomic mass is 35.5. The quantitative estimate of drug-likeness (QED) is 0.410. The first-order valence-corrected chi connectivity index (χ1v) is 11.6. The number of ether oxygens (including phenoxy) is 2. The molecule has 178 valence electrons. The van der Waals surface area contributed by atoms with Gasteiger partial charge >= 0.3 is 0 Å². The van der Waals surface area contributed by atoms with Crippen molar-refractivity contribution in [2.24, 2.45) is 5.10 Å². The third-order valence-electron chi connectivity index (χ3n) is 5.28. The van der Waals surface area contributed by atoms with Gasteiger partial charge in [0.05, 0.1) is 22.4 Å². The van der Waals surface area contributed by atoms with Crippen LogP contribution < -0.4 is 20.2 Å². The van der Waals surface area contributed by atoms with Crippen LogP contribution in [0.5, 0.6) is 11.5 Å². The summed E-state index contributed by atoms with van der Waals surface area (Å²) in [5, 5.41) is 19.1. The third kappa shape index (κ3) is 7.08. The molecule has 0 saturated carbocycles. The van der Waals surface area contributed by atoms with E-state index in [9.17, 15) is 9.90 Å². The summed E-state index contributed by atoms with van der Waals surface area (Å²) in [5.74, 6) is -0.732. The highest BCUT2D eigenvalue weighted by molar-refractivity contribution is 6.32. The first-order chi connectivity index (χ1) is 15.6. The van der Waals surface area contributed by atoms with E-state index >= 15 is 0 Å². The van der Waals surface area contributed by atoms with Crippen molar-refractivity contribution < 1.29 is 19.4 Å². The van der Waals surface area contributed by atoms with Gasteiger partial charge in [-0.3, -0.25) is 10.1 Å². The Morgan fingerprint density at radius 3 is 2.52 bits per heavy atom. The molecular weight excluding hydrogens is 465 g/mol. The summed E-state index contributed by atoms with van der Waals surface area (Å²) in [6.07, 6.45) is 1.85. The number of hydrogen-bond acceptors (Lipinski definition) is 6. The van der Waals surface area contributed by atoms with Gasteiger partial charge in [-0.25, -0.2) is 5.43 Å². The van der Waals surface area contributed by atoms with Crippen molar-refractivity contribution in [3.8, 4) is 11.5 Å². The molecule has 1 unspecified atom stereocenters. The topological polar surface area (TPSA) is 92.2 Å². The summed E-state index contributed by atoms with van der Waals surface area (Å²) in [4.78, 5) is 11.3. The van der Waals surface area contributed by atoms with Crippen LogP contribution in [0.25, 0.3) is 0 Å². The first kappa shape index (κ1) is 25.3. The van der Waals surface area contributed by atoms with E-state index in [-0.39, 0.29) is 5.91 Å². The lowest BCUT2D eigenvalue weighted by atomic mass is 10.00. The molecule has 0 spiro atoms. The molecule has 1 heterocycles. The van der Waals surface area contributed by atoms with E-state index in [1.165, 1.54) is 0 Å². The number of benzene rings is 2. The summed E-state index contributed by atoms with van der Waals surface area (Å²) < 4.78 is 11.7. The number of aliphatic hydroxyl groups is 1. The van der Waals surface area contributed by atoms with Gasteiger partial charge in [0.15, 0.2) is 0 Å². The van der Waals surface area contributed by atoms with Crippen molar-refractivity contribution in [2.45, 2.75) is 57.9 Å². The molecule has 0 bridgehead atoms. The van der Waals surface area contributed by atoms with Crippen LogP contribution in [0.4, 0.5) is 0 Å². The van der Waals surface area contributed by atoms with Gasteiger partial charge in [-0.1, -0.05) is 42.3 Å². The number of halogens is 2. The lowest BCUT2D eigenvalue weighted by Crippen LogP contribution is -2.59. The van der Waals surface area contributed by atoms with Crippen molar-refractivity contribution in [3.05, 3.63) is 58.1 Å². The minimum absolute atomic E-state index is 0.0896. The van der Waals surface area contributed by atoms with Gasteiger partial charge in [0.1, 0.15) is 11.5 Å². The van der Waals surface area contributed by atoms with E-state index in [4.69, 9.17) is 32.7 Å². The van der Waals surface area contributed by atoms with E-state index in [2.05, 4.69) is 15.8 Å². The number of hydrazone groups is 1. The molecule has 1 amide bonds. The number of carbonyl (C=O) groups excluding carboxylic acids is 1. The Kier molecular flexibility index (Phi) is 8.23. The van der Waals surface area contributed by atoms with Crippen LogP contribution in [0.15, 0.2) is 47.6 Å². The minimum atomic E-state index is -1.59. The molecule has 1 atom stereocenters. The first-order valence-electron chi connectivity index (χ1n) is 10.8. The fourth-order valence-corrected chi connectivity index (χ4v) is 3.79. The zero-order valence-electron chi connectivity index (χ0n) is 19.0. The molecule has 33 heavy (non-hydrogen) atoms. The van der Waals surface area contributed by atoms with Crippen LogP contribution >= 0.6 is 23.2 Å². The predicted octanol–water partition coefficient (Wildman–Crippen LogP) is 4.88. The third-order valence-corrected chi connectivity index (χ3v) is 5.89. The highest BCUT2D eigenvalue weighted by Crippen LogP contribution is 2.29. The number of rotatable bonds is 10. The molecule has 3 N–H and O–H groups in total. The molecule has 1 aliphatic rings. The van der Waals surface area contributed by atoms with Gasteiger partial charge in [0.2, 0.25) is 5.91 Å². The van der Waals surface area contributed by atoms with Gasteiger partial charge in [-0.05, 0) is 56.2 Å². The molecule has 0 fully saturated rings. The second kappa shape index (κ2) is 10.7. The van der Waals surface area contributed by atoms with Crippen molar-refractivity contribution in [1.82, 2.24) is 10.7 Å². The smallest absolute Gasteiger partial charge is 0.268 e. The van der Waals surface area contributed by atoms with Crippen LogP contribution in [-0.4, -0.2) is 34.8 Å². The second-order valence-electron chi connectivity index (χ2n) is 8.52. The van der Waals surface area contributed by atoms with Gasteiger partial charge in [0.25, 0.3) is 5.91 Å². The van der Waals surface area contributed by atoms with E-state index in [0.29, 0.717) is 53.8 Å². The van der Waals surface area contributed by atoms with Crippen molar-refractivity contribution >= 4 is 34.8 Å². The zero-order chi connectivity index (χ0) is 24.1. The standard InChI is InChI=1S/C24H29Cl2N3O4/c1-4-24(31,33-21-8-6-5-7-17(21)25)29-23(2,3)13-14-32-20-11-9-16(15-18(20)26)19-10-12-22(30)28-27-19/h5-9,11,15,29,31H,4,10,12-14H2,1-3H3,(H,28,30). The number of carbonyl (C=O) groups is 1. The van der Waals surface area contributed by atoms with Crippen molar-refractivity contribution in [2.75, 3.05) is 6.61 Å². The number of nitrogens with zero attached hydrogens (tertiary/aromatic N) is 1.